The molecule has 1 aromatic rings. The number of nitrogens with zero attached hydrogens (tertiary/aromatic N) is 1. The molecule has 0 unspecified atom stereocenters. The van der Waals surface area contributed by atoms with Gasteiger partial charge in [-0.15, -0.1) is 0 Å². The van der Waals surface area contributed by atoms with Crippen molar-refractivity contribution in [2.45, 2.75) is 19.8 Å². The van der Waals surface area contributed by atoms with Crippen LogP contribution in [0.2, 0.25) is 0 Å². The van der Waals surface area contributed by atoms with Gasteiger partial charge in [-0.25, -0.2) is 0 Å². The van der Waals surface area contributed by atoms with Crippen LogP contribution in [0, 0.1) is 0 Å². The summed E-state index contributed by atoms with van der Waals surface area (Å²) in [7, 11) is 0. The van der Waals surface area contributed by atoms with Crippen molar-refractivity contribution >= 4 is 12.6 Å². The minimum absolute atomic E-state index is 1.04. The van der Waals surface area contributed by atoms with Crippen LogP contribution in [0.5, 0.6) is 0 Å². The van der Waals surface area contributed by atoms with Gasteiger partial charge in [0.1, 0.15) is 0 Å². The fourth-order valence-corrected chi connectivity index (χ4v) is 0.787. The third-order valence-electron chi connectivity index (χ3n) is 1.08. The number of thiol groups is 1. The molecule has 2 heteroatoms. The number of hydrogen-bond acceptors (Lipinski definition) is 2. The third kappa shape index (κ3) is 9.50. The fourth-order valence-electron chi connectivity index (χ4n) is 0.471. The lowest BCUT2D eigenvalue weighted by Gasteiger charge is -1.78. The third-order valence-corrected chi connectivity index (χ3v) is 1.39. The molecule has 0 amide bonds. The molecule has 0 aliphatic rings. The average Bonchev–Trinajstić information content (AvgIpc) is 2.10. The van der Waals surface area contributed by atoms with E-state index in [-0.39, 0.29) is 0 Å². The molecule has 11 heavy (non-hydrogen) atoms. The summed E-state index contributed by atoms with van der Waals surface area (Å²) in [5, 5.41) is 0. The maximum atomic E-state index is 4.00. The van der Waals surface area contributed by atoms with Gasteiger partial charge in [-0.2, -0.15) is 12.6 Å². The Kier molecular flexibility index (Phi) is 9.07. The molecule has 0 saturated heterocycles. The van der Waals surface area contributed by atoms with Crippen LogP contribution >= 0.6 is 12.6 Å². The Morgan fingerprint density at radius 1 is 1.18 bits per heavy atom. The molecule has 0 spiro atoms. The highest BCUT2D eigenvalue weighted by Gasteiger charge is 1.68. The molecule has 0 saturated carbocycles. The first-order valence-corrected chi connectivity index (χ1v) is 4.51. The summed E-state index contributed by atoms with van der Waals surface area (Å²) in [5.41, 5.74) is 0. The molecule has 0 aliphatic heterocycles. The number of rotatable bonds is 2. The predicted octanol–water partition coefficient (Wildman–Crippen LogP) is 2.80. The van der Waals surface area contributed by atoms with Crippen LogP contribution in [0.25, 0.3) is 0 Å². The summed E-state index contributed by atoms with van der Waals surface area (Å²) in [6, 6.07) is 5.72. The van der Waals surface area contributed by atoms with Crippen molar-refractivity contribution < 1.29 is 0 Å². The summed E-state index contributed by atoms with van der Waals surface area (Å²) in [5.74, 6) is 1.04. The highest BCUT2D eigenvalue weighted by molar-refractivity contribution is 7.80. The molecule has 1 rings (SSSR count). The van der Waals surface area contributed by atoms with Crippen molar-refractivity contribution in [3.63, 3.8) is 0 Å². The van der Waals surface area contributed by atoms with Gasteiger partial charge in [0, 0.05) is 12.4 Å². The standard InChI is InChI=1S/C5H5N.C4H10S/c1-2-4-6-5-3-1;1-2-3-4-5/h1-5H;5H,2-4H2,1H3. The zero-order chi connectivity index (χ0) is 8.36. The van der Waals surface area contributed by atoms with Crippen LogP contribution in [-0.2, 0) is 0 Å². The maximum Gasteiger partial charge on any atom is 0.0267 e. The van der Waals surface area contributed by atoms with Crippen molar-refractivity contribution in [2.75, 3.05) is 5.75 Å². The molecule has 1 nitrogen and oxygen atoms in total. The quantitative estimate of drug-likeness (QED) is 0.672. The maximum absolute atomic E-state index is 4.00. The lowest BCUT2D eigenvalue weighted by atomic mass is 10.4. The molecule has 0 aliphatic carbocycles. The largest absolute Gasteiger partial charge is 0.265 e. The first-order valence-electron chi connectivity index (χ1n) is 3.87. The highest BCUT2D eigenvalue weighted by atomic mass is 32.1. The zero-order valence-electron chi connectivity index (χ0n) is 6.90. The summed E-state index contributed by atoms with van der Waals surface area (Å²) in [6.45, 7) is 2.16. The number of aromatic nitrogens is 1. The molecular weight excluding hydrogens is 154 g/mol. The number of hydrogen-bond donors (Lipinski definition) is 1. The molecule has 1 heterocycles. The van der Waals surface area contributed by atoms with Gasteiger partial charge >= 0.3 is 0 Å². The molecule has 62 valence electrons. The summed E-state index contributed by atoms with van der Waals surface area (Å²) in [4.78, 5) is 3.78. The summed E-state index contributed by atoms with van der Waals surface area (Å²) < 4.78 is 0. The van der Waals surface area contributed by atoms with E-state index < -0.39 is 0 Å². The summed E-state index contributed by atoms with van der Waals surface area (Å²) in [6.07, 6.45) is 6.02. The van der Waals surface area contributed by atoms with Crippen molar-refractivity contribution in [1.29, 1.82) is 0 Å². The monoisotopic (exact) mass is 169 g/mol. The van der Waals surface area contributed by atoms with Gasteiger partial charge in [0.05, 0.1) is 0 Å². The second-order valence-electron chi connectivity index (χ2n) is 2.10. The Hall–Kier alpha value is -0.500. The van der Waals surface area contributed by atoms with E-state index in [9.17, 15) is 0 Å². The molecule has 1 aromatic heterocycles. The van der Waals surface area contributed by atoms with E-state index in [0.29, 0.717) is 0 Å². The Morgan fingerprint density at radius 3 is 1.91 bits per heavy atom. The SMILES string of the molecule is CCCCS.c1ccncc1. The first kappa shape index (κ1) is 10.5. The Bertz CT molecular complexity index is 113. The Balaban J connectivity index is 0.000000187. The van der Waals surface area contributed by atoms with Gasteiger partial charge < -0.3 is 0 Å². The van der Waals surface area contributed by atoms with E-state index in [0.717, 1.165) is 5.75 Å². The average molecular weight is 169 g/mol. The van der Waals surface area contributed by atoms with Gasteiger partial charge in [0.25, 0.3) is 0 Å². The predicted molar refractivity (Wildman–Crippen MR) is 53.0 cm³/mol. The Labute approximate surface area is 74.3 Å². The van der Waals surface area contributed by atoms with Crippen LogP contribution in [0.3, 0.4) is 0 Å². The zero-order valence-corrected chi connectivity index (χ0v) is 7.80. The van der Waals surface area contributed by atoms with Crippen LogP contribution in [0.4, 0.5) is 0 Å². The fraction of sp³-hybridized carbons (Fsp3) is 0.444. The second-order valence-corrected chi connectivity index (χ2v) is 2.55. The molecule has 0 bridgehead atoms. The van der Waals surface area contributed by atoms with Crippen molar-refractivity contribution in [3.05, 3.63) is 30.6 Å². The van der Waals surface area contributed by atoms with E-state index in [4.69, 9.17) is 0 Å². The summed E-state index contributed by atoms with van der Waals surface area (Å²) >= 11 is 4.00. The van der Waals surface area contributed by atoms with Crippen LogP contribution in [-0.4, -0.2) is 10.7 Å². The van der Waals surface area contributed by atoms with Crippen LogP contribution in [0.1, 0.15) is 19.8 Å². The number of unbranched alkanes of at least 4 members (excludes halogenated alkanes) is 1. The molecule has 0 fully saturated rings. The van der Waals surface area contributed by atoms with E-state index >= 15 is 0 Å². The minimum atomic E-state index is 1.04. The molecule has 0 aromatic carbocycles. The van der Waals surface area contributed by atoms with Gasteiger partial charge in [0.15, 0.2) is 0 Å². The van der Waals surface area contributed by atoms with E-state index in [2.05, 4.69) is 24.5 Å². The van der Waals surface area contributed by atoms with E-state index in [1.54, 1.807) is 12.4 Å². The van der Waals surface area contributed by atoms with Gasteiger partial charge in [0.2, 0.25) is 0 Å². The lowest BCUT2D eigenvalue weighted by molar-refractivity contribution is 0.899. The second kappa shape index (κ2) is 9.50. The highest BCUT2D eigenvalue weighted by Crippen LogP contribution is 1.85. The van der Waals surface area contributed by atoms with Crippen molar-refractivity contribution in [3.8, 4) is 0 Å². The molecule has 0 N–H and O–H groups in total. The van der Waals surface area contributed by atoms with Crippen LogP contribution < -0.4 is 0 Å². The van der Waals surface area contributed by atoms with E-state index in [1.165, 1.54) is 12.8 Å². The van der Waals surface area contributed by atoms with Crippen molar-refractivity contribution in [2.24, 2.45) is 0 Å². The van der Waals surface area contributed by atoms with E-state index in [1.807, 2.05) is 18.2 Å². The molecular formula is C9H15NS. The van der Waals surface area contributed by atoms with Crippen molar-refractivity contribution in [1.82, 2.24) is 4.98 Å². The Morgan fingerprint density at radius 2 is 1.82 bits per heavy atom. The van der Waals surface area contributed by atoms with Gasteiger partial charge in [-0.3, -0.25) is 4.98 Å². The van der Waals surface area contributed by atoms with Gasteiger partial charge in [-0.1, -0.05) is 19.4 Å². The molecule has 0 radical (unpaired) electrons. The minimum Gasteiger partial charge on any atom is -0.265 e. The number of pyridine rings is 1. The smallest absolute Gasteiger partial charge is 0.0267 e. The lowest BCUT2D eigenvalue weighted by Crippen LogP contribution is -1.65. The first-order chi connectivity index (χ1) is 5.41. The molecule has 0 atom stereocenters. The van der Waals surface area contributed by atoms with Crippen LogP contribution in [0.15, 0.2) is 30.6 Å². The van der Waals surface area contributed by atoms with Gasteiger partial charge in [-0.05, 0) is 24.3 Å². The normalized spacial score (nSPS) is 8.18. The topological polar surface area (TPSA) is 12.9 Å².